The number of benzene rings is 1. The second-order valence-electron chi connectivity index (χ2n) is 4.42. The van der Waals surface area contributed by atoms with Crippen LogP contribution >= 0.6 is 0 Å². The van der Waals surface area contributed by atoms with E-state index in [9.17, 15) is 15.0 Å². The van der Waals surface area contributed by atoms with Gasteiger partial charge in [-0.15, -0.1) is 0 Å². The minimum absolute atomic E-state index is 0.161. The normalized spacial score (nSPS) is 24.1. The van der Waals surface area contributed by atoms with Crippen molar-refractivity contribution >= 4 is 11.6 Å². The lowest BCUT2D eigenvalue weighted by molar-refractivity contribution is 0.0572. The summed E-state index contributed by atoms with van der Waals surface area (Å²) in [4.78, 5) is 13.6. The van der Waals surface area contributed by atoms with Crippen LogP contribution in [0.5, 0.6) is 0 Å². The first-order valence-corrected chi connectivity index (χ1v) is 5.50. The van der Waals surface area contributed by atoms with Crippen molar-refractivity contribution in [3.8, 4) is 0 Å². The summed E-state index contributed by atoms with van der Waals surface area (Å²) in [6, 6.07) is 5.14. The van der Waals surface area contributed by atoms with Gasteiger partial charge in [0.1, 0.15) is 0 Å². The van der Waals surface area contributed by atoms with E-state index in [1.807, 2.05) is 6.92 Å². The van der Waals surface area contributed by atoms with E-state index >= 15 is 0 Å². The van der Waals surface area contributed by atoms with Gasteiger partial charge in [0.15, 0.2) is 0 Å². The first-order valence-electron chi connectivity index (χ1n) is 5.50. The Balaban J connectivity index is 2.23. The minimum Gasteiger partial charge on any atom is -0.399 e. The zero-order valence-electron chi connectivity index (χ0n) is 9.63. The molecule has 1 aliphatic rings. The zero-order chi connectivity index (χ0) is 12.6. The van der Waals surface area contributed by atoms with Gasteiger partial charge in [0, 0.05) is 24.3 Å². The molecule has 17 heavy (non-hydrogen) atoms. The molecule has 1 amide bonds. The number of aryl methyl sites for hydroxylation is 1. The fourth-order valence-electron chi connectivity index (χ4n) is 1.98. The number of aliphatic hydroxyl groups is 2. The molecule has 2 unspecified atom stereocenters. The number of nitrogen functional groups attached to an aromatic ring is 1. The molecule has 0 bridgehead atoms. The molecule has 5 nitrogen and oxygen atoms in total. The van der Waals surface area contributed by atoms with Crippen LogP contribution < -0.4 is 5.73 Å². The van der Waals surface area contributed by atoms with Crippen molar-refractivity contribution in [1.29, 1.82) is 0 Å². The van der Waals surface area contributed by atoms with E-state index in [0.29, 0.717) is 11.3 Å². The molecule has 1 heterocycles. The van der Waals surface area contributed by atoms with Gasteiger partial charge in [0.25, 0.3) is 5.91 Å². The molecule has 1 saturated heterocycles. The number of rotatable bonds is 1. The number of amides is 1. The summed E-state index contributed by atoms with van der Waals surface area (Å²) >= 11 is 0. The van der Waals surface area contributed by atoms with Crippen LogP contribution in [-0.4, -0.2) is 46.3 Å². The number of nitrogens with zero attached hydrogens (tertiary/aromatic N) is 1. The third-order valence-corrected chi connectivity index (χ3v) is 3.04. The fourth-order valence-corrected chi connectivity index (χ4v) is 1.98. The van der Waals surface area contributed by atoms with Gasteiger partial charge in [0.2, 0.25) is 0 Å². The molecule has 5 heteroatoms. The molecule has 92 valence electrons. The van der Waals surface area contributed by atoms with Gasteiger partial charge in [-0.05, 0) is 24.6 Å². The summed E-state index contributed by atoms with van der Waals surface area (Å²) in [5, 5.41) is 18.8. The largest absolute Gasteiger partial charge is 0.399 e. The van der Waals surface area contributed by atoms with Gasteiger partial charge in [-0.25, -0.2) is 0 Å². The average molecular weight is 236 g/mol. The first kappa shape index (κ1) is 11.9. The highest BCUT2D eigenvalue weighted by molar-refractivity contribution is 5.96. The highest BCUT2D eigenvalue weighted by Crippen LogP contribution is 2.18. The number of hydrogen-bond acceptors (Lipinski definition) is 4. The van der Waals surface area contributed by atoms with Gasteiger partial charge in [-0.1, -0.05) is 6.07 Å². The quantitative estimate of drug-likeness (QED) is 0.587. The summed E-state index contributed by atoms with van der Waals surface area (Å²) in [5.74, 6) is -0.203. The molecule has 2 rings (SSSR count). The number of nitrogens with two attached hydrogens (primary N) is 1. The predicted molar refractivity (Wildman–Crippen MR) is 63.5 cm³/mol. The Kier molecular flexibility index (Phi) is 3.04. The Morgan fingerprint density at radius 2 is 1.94 bits per heavy atom. The number of carbonyl (C=O) groups is 1. The smallest absolute Gasteiger partial charge is 0.254 e. The molecule has 0 spiro atoms. The van der Waals surface area contributed by atoms with Gasteiger partial charge >= 0.3 is 0 Å². The molecule has 1 aromatic rings. The first-order chi connectivity index (χ1) is 7.99. The molecule has 0 aliphatic carbocycles. The third-order valence-electron chi connectivity index (χ3n) is 3.04. The molecule has 1 aliphatic heterocycles. The molecule has 0 aromatic heterocycles. The van der Waals surface area contributed by atoms with Crippen molar-refractivity contribution in [1.82, 2.24) is 4.90 Å². The van der Waals surface area contributed by atoms with Crippen molar-refractivity contribution in [2.24, 2.45) is 0 Å². The standard InChI is InChI=1S/C12H16N2O3/c1-7-2-3-8(13)4-9(7)12(17)14-5-10(15)11(16)6-14/h2-4,10-11,15-16H,5-6,13H2,1H3. The van der Waals surface area contributed by atoms with Gasteiger partial charge in [-0.3, -0.25) is 4.79 Å². The Labute approximate surface area is 99.5 Å². The molecular weight excluding hydrogens is 220 g/mol. The van der Waals surface area contributed by atoms with Crippen LogP contribution in [0.1, 0.15) is 15.9 Å². The fraction of sp³-hybridized carbons (Fsp3) is 0.417. The zero-order valence-corrected chi connectivity index (χ0v) is 9.63. The van der Waals surface area contributed by atoms with Crippen LogP contribution in [0.2, 0.25) is 0 Å². The van der Waals surface area contributed by atoms with Crippen molar-refractivity contribution in [2.45, 2.75) is 19.1 Å². The lowest BCUT2D eigenvalue weighted by Gasteiger charge is -2.17. The highest BCUT2D eigenvalue weighted by Gasteiger charge is 2.33. The molecule has 0 radical (unpaired) electrons. The topological polar surface area (TPSA) is 86.8 Å². The SMILES string of the molecule is Cc1ccc(N)cc1C(=O)N1CC(O)C(O)C1. The minimum atomic E-state index is -0.861. The van der Waals surface area contributed by atoms with Crippen molar-refractivity contribution in [3.63, 3.8) is 0 Å². The van der Waals surface area contributed by atoms with E-state index in [1.165, 1.54) is 4.90 Å². The van der Waals surface area contributed by atoms with Crippen LogP contribution in [0.15, 0.2) is 18.2 Å². The predicted octanol–water partition coefficient (Wildman–Crippen LogP) is -0.245. The van der Waals surface area contributed by atoms with E-state index in [0.717, 1.165) is 5.56 Å². The summed E-state index contributed by atoms with van der Waals surface area (Å²) < 4.78 is 0. The van der Waals surface area contributed by atoms with E-state index in [1.54, 1.807) is 18.2 Å². The summed E-state index contributed by atoms with van der Waals surface area (Å²) in [6.45, 7) is 2.15. The maximum absolute atomic E-state index is 12.2. The van der Waals surface area contributed by atoms with E-state index in [4.69, 9.17) is 5.73 Å². The third kappa shape index (κ3) is 2.25. The van der Waals surface area contributed by atoms with Crippen LogP contribution in [0.3, 0.4) is 0 Å². The van der Waals surface area contributed by atoms with Crippen molar-refractivity contribution in [2.75, 3.05) is 18.8 Å². The number of likely N-dealkylation sites (tertiary alicyclic amines) is 1. The average Bonchev–Trinajstić information content (AvgIpc) is 2.62. The second kappa shape index (κ2) is 4.35. The number of anilines is 1. The molecule has 1 aromatic carbocycles. The Morgan fingerprint density at radius 3 is 2.53 bits per heavy atom. The van der Waals surface area contributed by atoms with Gasteiger partial charge < -0.3 is 20.8 Å². The van der Waals surface area contributed by atoms with Crippen LogP contribution in [0.25, 0.3) is 0 Å². The Morgan fingerprint density at radius 1 is 1.35 bits per heavy atom. The van der Waals surface area contributed by atoms with Crippen LogP contribution in [-0.2, 0) is 0 Å². The van der Waals surface area contributed by atoms with Crippen molar-refractivity contribution in [3.05, 3.63) is 29.3 Å². The Hall–Kier alpha value is -1.59. The molecule has 2 atom stereocenters. The maximum Gasteiger partial charge on any atom is 0.254 e. The monoisotopic (exact) mass is 236 g/mol. The lowest BCUT2D eigenvalue weighted by Crippen LogP contribution is -2.30. The highest BCUT2D eigenvalue weighted by atomic mass is 16.3. The number of aliphatic hydroxyl groups excluding tert-OH is 2. The summed E-state index contributed by atoms with van der Waals surface area (Å²) in [6.07, 6.45) is -1.72. The summed E-state index contributed by atoms with van der Waals surface area (Å²) in [5.41, 5.74) is 7.53. The number of β-amino-alcohol motifs (C(OH)–C–C–N with tert-alkyl or cyclic N) is 2. The van der Waals surface area contributed by atoms with E-state index in [-0.39, 0.29) is 19.0 Å². The van der Waals surface area contributed by atoms with E-state index in [2.05, 4.69) is 0 Å². The van der Waals surface area contributed by atoms with Crippen LogP contribution in [0, 0.1) is 6.92 Å². The van der Waals surface area contributed by atoms with Crippen LogP contribution in [0.4, 0.5) is 5.69 Å². The van der Waals surface area contributed by atoms with E-state index < -0.39 is 12.2 Å². The number of carbonyl (C=O) groups excluding carboxylic acids is 1. The van der Waals surface area contributed by atoms with Gasteiger partial charge in [0.05, 0.1) is 12.2 Å². The second-order valence-corrected chi connectivity index (χ2v) is 4.42. The maximum atomic E-state index is 12.2. The van der Waals surface area contributed by atoms with Crippen molar-refractivity contribution < 1.29 is 15.0 Å². The summed E-state index contributed by atoms with van der Waals surface area (Å²) in [7, 11) is 0. The molecule has 0 saturated carbocycles. The lowest BCUT2D eigenvalue weighted by atomic mass is 10.1. The Bertz CT molecular complexity index is 437. The molecular formula is C12H16N2O3. The van der Waals surface area contributed by atoms with Gasteiger partial charge in [-0.2, -0.15) is 0 Å². The number of hydrogen-bond donors (Lipinski definition) is 3. The molecule has 1 fully saturated rings. The molecule has 4 N–H and O–H groups in total.